The minimum Gasteiger partial charge on any atom is -0.480 e. The van der Waals surface area contributed by atoms with Crippen LogP contribution in [0.4, 0.5) is 0 Å². The number of benzene rings is 1. The topological polar surface area (TPSA) is 121 Å². The van der Waals surface area contributed by atoms with Crippen LogP contribution in [0.3, 0.4) is 0 Å². The van der Waals surface area contributed by atoms with Crippen molar-refractivity contribution in [2.45, 2.75) is 24.8 Å². The zero-order valence-corrected chi connectivity index (χ0v) is 11.3. The normalized spacial score (nSPS) is 22.3. The molecule has 1 aromatic carbocycles. The summed E-state index contributed by atoms with van der Waals surface area (Å²) in [5.74, 6) is -0.632. The lowest BCUT2D eigenvalue weighted by Crippen LogP contribution is -2.43. The Balaban J connectivity index is 1.96. The molecule has 0 saturated carbocycles. The Bertz CT molecular complexity index is 709. The second-order valence-corrected chi connectivity index (χ2v) is 5.25. The van der Waals surface area contributed by atoms with E-state index in [0.29, 0.717) is 29.9 Å². The first-order valence-electron chi connectivity index (χ1n) is 6.81. The van der Waals surface area contributed by atoms with Gasteiger partial charge in [-0.25, -0.2) is 4.98 Å². The summed E-state index contributed by atoms with van der Waals surface area (Å²) in [6.07, 6.45) is 1.27. The van der Waals surface area contributed by atoms with E-state index in [0.717, 1.165) is 11.9 Å². The van der Waals surface area contributed by atoms with E-state index in [1.165, 1.54) is 0 Å². The number of hydrogen-bond acceptors (Lipinski definition) is 4. The summed E-state index contributed by atoms with van der Waals surface area (Å²) >= 11 is 0. The molecule has 0 radical (unpaired) electrons. The molecule has 0 aliphatic carbocycles. The molecule has 1 amide bonds. The number of hydrogen-bond donors (Lipinski definition) is 4. The molecule has 1 fully saturated rings. The number of nitrogens with two attached hydrogens (primary N) is 1. The molecule has 110 valence electrons. The highest BCUT2D eigenvalue weighted by Gasteiger charge is 2.29. The number of fused-ring (bicyclic) bond motifs is 1. The first-order valence-corrected chi connectivity index (χ1v) is 6.81. The minimum absolute atomic E-state index is 0.0282. The number of H-pyrrole nitrogens is 1. The van der Waals surface area contributed by atoms with Gasteiger partial charge in [-0.2, -0.15) is 0 Å². The van der Waals surface area contributed by atoms with Crippen LogP contribution >= 0.6 is 0 Å². The van der Waals surface area contributed by atoms with Crippen LogP contribution in [0.5, 0.6) is 0 Å². The molecule has 1 aromatic heterocycles. The third kappa shape index (κ3) is 2.47. The number of piperidine rings is 1. The number of carboxylic acids is 1. The fraction of sp³-hybridized carbons (Fsp3) is 0.357. The van der Waals surface area contributed by atoms with Gasteiger partial charge in [-0.15, -0.1) is 0 Å². The maximum atomic E-state index is 11.4. The van der Waals surface area contributed by atoms with Crippen molar-refractivity contribution in [2.24, 2.45) is 5.73 Å². The molecule has 3 rings (SSSR count). The second-order valence-electron chi connectivity index (χ2n) is 5.25. The van der Waals surface area contributed by atoms with Gasteiger partial charge in [0.1, 0.15) is 17.4 Å². The summed E-state index contributed by atoms with van der Waals surface area (Å²) in [4.78, 5) is 30.2. The largest absolute Gasteiger partial charge is 0.480 e. The first-order chi connectivity index (χ1) is 10.1. The number of aliphatic carboxylic acids is 1. The molecule has 7 nitrogen and oxygen atoms in total. The molecule has 1 aliphatic rings. The van der Waals surface area contributed by atoms with E-state index in [-0.39, 0.29) is 5.92 Å². The molecule has 2 aromatic rings. The summed E-state index contributed by atoms with van der Waals surface area (Å²) in [5, 5.41) is 12.1. The van der Waals surface area contributed by atoms with Crippen LogP contribution < -0.4 is 11.1 Å². The molecule has 2 unspecified atom stereocenters. The van der Waals surface area contributed by atoms with Crippen LogP contribution in [0.2, 0.25) is 0 Å². The number of imidazole rings is 1. The lowest BCUT2D eigenvalue weighted by Gasteiger charge is -2.26. The smallest absolute Gasteiger partial charge is 0.320 e. The molecule has 7 heteroatoms. The van der Waals surface area contributed by atoms with Gasteiger partial charge in [0.05, 0.1) is 11.1 Å². The number of para-hydroxylation sites is 1. The highest BCUT2D eigenvalue weighted by molar-refractivity contribution is 6.04. The van der Waals surface area contributed by atoms with Gasteiger partial charge in [-0.05, 0) is 31.5 Å². The molecule has 2 atom stereocenters. The van der Waals surface area contributed by atoms with Gasteiger partial charge >= 0.3 is 5.97 Å². The standard InChI is InChI=1S/C14H16N4O3/c15-12(19)8-2-1-3-9-11(8)18-13(17-9)7-4-5-16-10(6-7)14(20)21/h1-3,7,10,16H,4-6H2,(H2,15,19)(H,17,18)(H,20,21). The molecule has 2 heterocycles. The Labute approximate surface area is 120 Å². The fourth-order valence-electron chi connectivity index (χ4n) is 2.80. The molecular formula is C14H16N4O3. The van der Waals surface area contributed by atoms with Crippen molar-refractivity contribution in [2.75, 3.05) is 6.54 Å². The van der Waals surface area contributed by atoms with Crippen molar-refractivity contribution < 1.29 is 14.7 Å². The fourth-order valence-corrected chi connectivity index (χ4v) is 2.80. The van der Waals surface area contributed by atoms with Crippen LogP contribution in [0.15, 0.2) is 18.2 Å². The third-order valence-corrected chi connectivity index (χ3v) is 3.89. The van der Waals surface area contributed by atoms with Crippen molar-refractivity contribution in [3.8, 4) is 0 Å². The number of aromatic amines is 1. The van der Waals surface area contributed by atoms with Crippen LogP contribution in [0, 0.1) is 0 Å². The van der Waals surface area contributed by atoms with Crippen molar-refractivity contribution in [1.29, 1.82) is 0 Å². The highest BCUT2D eigenvalue weighted by atomic mass is 16.4. The van der Waals surface area contributed by atoms with E-state index in [2.05, 4.69) is 15.3 Å². The Kier molecular flexibility index (Phi) is 3.34. The number of rotatable bonds is 3. The lowest BCUT2D eigenvalue weighted by atomic mass is 9.92. The number of nitrogens with one attached hydrogen (secondary N) is 2. The van der Waals surface area contributed by atoms with Crippen molar-refractivity contribution in [1.82, 2.24) is 15.3 Å². The maximum Gasteiger partial charge on any atom is 0.320 e. The van der Waals surface area contributed by atoms with Gasteiger partial charge in [-0.3, -0.25) is 9.59 Å². The number of amides is 1. The average molecular weight is 288 g/mol. The number of carbonyl (C=O) groups is 2. The van der Waals surface area contributed by atoms with E-state index in [1.807, 2.05) is 6.07 Å². The zero-order chi connectivity index (χ0) is 15.0. The molecule has 5 N–H and O–H groups in total. The Morgan fingerprint density at radius 2 is 2.19 bits per heavy atom. The molecule has 1 saturated heterocycles. The van der Waals surface area contributed by atoms with Gasteiger partial charge in [0, 0.05) is 5.92 Å². The van der Waals surface area contributed by atoms with Gasteiger partial charge in [0.15, 0.2) is 0 Å². The van der Waals surface area contributed by atoms with Gasteiger partial charge < -0.3 is 21.1 Å². The Morgan fingerprint density at radius 3 is 2.90 bits per heavy atom. The summed E-state index contributed by atoms with van der Waals surface area (Å²) in [7, 11) is 0. The quantitative estimate of drug-likeness (QED) is 0.658. The average Bonchev–Trinajstić information content (AvgIpc) is 2.91. The minimum atomic E-state index is -0.853. The summed E-state index contributed by atoms with van der Waals surface area (Å²) < 4.78 is 0. The zero-order valence-electron chi connectivity index (χ0n) is 11.3. The SMILES string of the molecule is NC(=O)c1cccc2[nH]c(C3CCNC(C(=O)O)C3)nc12. The summed E-state index contributed by atoms with van der Waals surface area (Å²) in [6, 6.07) is 4.64. The van der Waals surface area contributed by atoms with Crippen molar-refractivity contribution in [3.05, 3.63) is 29.6 Å². The third-order valence-electron chi connectivity index (χ3n) is 3.89. The van der Waals surface area contributed by atoms with Crippen molar-refractivity contribution >= 4 is 22.9 Å². The number of carbonyl (C=O) groups excluding carboxylic acids is 1. The van der Waals surface area contributed by atoms with E-state index in [1.54, 1.807) is 12.1 Å². The van der Waals surface area contributed by atoms with Crippen LogP contribution in [0.25, 0.3) is 11.0 Å². The van der Waals surface area contributed by atoms with Crippen LogP contribution in [-0.2, 0) is 4.79 Å². The first kappa shape index (κ1) is 13.6. The Hall–Kier alpha value is -2.41. The predicted octanol–water partition coefficient (Wildman–Crippen LogP) is 0.582. The predicted molar refractivity (Wildman–Crippen MR) is 76.0 cm³/mol. The van der Waals surface area contributed by atoms with E-state index < -0.39 is 17.9 Å². The molecular weight excluding hydrogens is 272 g/mol. The monoisotopic (exact) mass is 288 g/mol. The number of nitrogens with zero attached hydrogens (tertiary/aromatic N) is 1. The van der Waals surface area contributed by atoms with E-state index in [4.69, 9.17) is 10.8 Å². The van der Waals surface area contributed by atoms with Crippen LogP contribution in [-0.4, -0.2) is 39.5 Å². The number of carboxylic acid groups (broad SMARTS) is 1. The van der Waals surface area contributed by atoms with E-state index in [9.17, 15) is 9.59 Å². The molecule has 21 heavy (non-hydrogen) atoms. The molecule has 1 aliphatic heterocycles. The van der Waals surface area contributed by atoms with Crippen LogP contribution in [0.1, 0.15) is 34.9 Å². The highest BCUT2D eigenvalue weighted by Crippen LogP contribution is 2.28. The van der Waals surface area contributed by atoms with Gasteiger partial charge in [0.2, 0.25) is 0 Å². The molecule has 0 spiro atoms. The maximum absolute atomic E-state index is 11.4. The summed E-state index contributed by atoms with van der Waals surface area (Å²) in [5.41, 5.74) is 7.01. The summed E-state index contributed by atoms with van der Waals surface area (Å²) in [6.45, 7) is 0.626. The van der Waals surface area contributed by atoms with E-state index >= 15 is 0 Å². The molecule has 0 bridgehead atoms. The lowest BCUT2D eigenvalue weighted by molar-refractivity contribution is -0.140. The van der Waals surface area contributed by atoms with Gasteiger partial charge in [0.25, 0.3) is 5.91 Å². The number of aromatic nitrogens is 2. The van der Waals surface area contributed by atoms with Crippen molar-refractivity contribution in [3.63, 3.8) is 0 Å². The van der Waals surface area contributed by atoms with Gasteiger partial charge in [-0.1, -0.05) is 6.07 Å². The Morgan fingerprint density at radius 1 is 1.38 bits per heavy atom. The number of primary amides is 1. The second kappa shape index (κ2) is 5.17.